The molecule has 1 aromatic carbocycles. The number of carbonyl (C=O) groups excluding carboxylic acids is 1. The summed E-state index contributed by atoms with van der Waals surface area (Å²) in [6.07, 6.45) is -0.802. The van der Waals surface area contributed by atoms with E-state index < -0.39 is 17.0 Å². The third-order valence-electron chi connectivity index (χ3n) is 10.3. The van der Waals surface area contributed by atoms with Gasteiger partial charge in [-0.3, -0.25) is 14.4 Å². The van der Waals surface area contributed by atoms with E-state index in [1.54, 1.807) is 18.8 Å². The van der Waals surface area contributed by atoms with Crippen molar-refractivity contribution in [2.45, 2.75) is 74.8 Å². The predicted octanol–water partition coefficient (Wildman–Crippen LogP) is 6.41. The minimum absolute atomic E-state index is 0.0593. The maximum atomic E-state index is 14.6. The van der Waals surface area contributed by atoms with E-state index in [9.17, 15) is 22.4 Å². The van der Waals surface area contributed by atoms with Gasteiger partial charge in [0.05, 0.1) is 40.4 Å². The summed E-state index contributed by atoms with van der Waals surface area (Å²) in [5.74, 6) is 5.80. The molecule has 10 nitrogen and oxygen atoms in total. The number of anilines is 2. The molecule has 276 valence electrons. The van der Waals surface area contributed by atoms with Gasteiger partial charge in [0.1, 0.15) is 12.4 Å². The van der Waals surface area contributed by atoms with Crippen LogP contribution in [0.4, 0.5) is 29.1 Å². The molecule has 1 unspecified atom stereocenters. The number of benzene rings is 1. The van der Waals surface area contributed by atoms with E-state index in [0.29, 0.717) is 68.3 Å². The number of carbonyl (C=O) groups is 1. The molecule has 4 aliphatic heterocycles. The fraction of sp³-hybridized carbons (Fsp3) is 0.500. The zero-order valence-corrected chi connectivity index (χ0v) is 30.7. The van der Waals surface area contributed by atoms with Crippen LogP contribution in [-0.2, 0) is 31.4 Å². The van der Waals surface area contributed by atoms with Crippen LogP contribution < -0.4 is 15.4 Å². The highest BCUT2D eigenvalue weighted by Crippen LogP contribution is 2.49. The van der Waals surface area contributed by atoms with Crippen molar-refractivity contribution in [2.24, 2.45) is 0 Å². The summed E-state index contributed by atoms with van der Waals surface area (Å²) in [6.45, 7) is 4.50. The Hall–Kier alpha value is -4.00. The highest BCUT2D eigenvalue weighted by molar-refractivity contribution is 7.98. The Labute approximate surface area is 308 Å². The van der Waals surface area contributed by atoms with Gasteiger partial charge in [-0.1, -0.05) is 17.5 Å². The monoisotopic (exact) mass is 758 g/mol. The van der Waals surface area contributed by atoms with Crippen LogP contribution in [0.2, 0.25) is 5.02 Å². The SMILES string of the molecule is CC#Cc1cc(N)cc(C2Cc3nc(OC[C@@]45CCCN4C/C(=C\F)C5)nc(N4CCCn5nc(C(=O)N(C)C)c(Cl)c5C4)c3CS2)c1C(F)(F)F. The molecule has 2 N–H and O–H groups in total. The summed E-state index contributed by atoms with van der Waals surface area (Å²) in [5.41, 5.74) is 7.98. The summed E-state index contributed by atoms with van der Waals surface area (Å²) in [4.78, 5) is 28.4. The minimum Gasteiger partial charge on any atom is -0.461 e. The van der Waals surface area contributed by atoms with Crippen molar-refractivity contribution >= 4 is 40.8 Å². The Morgan fingerprint density at radius 2 is 2.02 bits per heavy atom. The summed E-state index contributed by atoms with van der Waals surface area (Å²) >= 11 is 8.17. The fourth-order valence-corrected chi connectivity index (χ4v) is 9.49. The lowest BCUT2D eigenvalue weighted by atomic mass is 9.94. The maximum absolute atomic E-state index is 14.6. The third kappa shape index (κ3) is 6.69. The van der Waals surface area contributed by atoms with Crippen LogP contribution in [0.25, 0.3) is 0 Å². The average molecular weight is 759 g/mol. The van der Waals surface area contributed by atoms with Crippen LogP contribution in [0.5, 0.6) is 6.01 Å². The molecule has 2 atom stereocenters. The van der Waals surface area contributed by atoms with E-state index >= 15 is 0 Å². The second-order valence-corrected chi connectivity index (χ2v) is 15.5. The summed E-state index contributed by atoms with van der Waals surface area (Å²) in [5, 5.41) is 4.18. The first kappa shape index (κ1) is 36.4. The van der Waals surface area contributed by atoms with E-state index in [0.717, 1.165) is 30.5 Å². The fourth-order valence-electron chi connectivity index (χ4n) is 7.91. The number of rotatable bonds is 6. The lowest BCUT2D eigenvalue weighted by molar-refractivity contribution is -0.138. The Morgan fingerprint density at radius 1 is 1.21 bits per heavy atom. The van der Waals surface area contributed by atoms with E-state index in [-0.39, 0.29) is 58.0 Å². The number of aryl methyl sites for hydroxylation is 1. The number of nitrogens with two attached hydrogens (primary N) is 1. The zero-order chi connectivity index (χ0) is 36.9. The third-order valence-corrected chi connectivity index (χ3v) is 12.0. The van der Waals surface area contributed by atoms with Crippen molar-refractivity contribution in [3.63, 3.8) is 0 Å². The van der Waals surface area contributed by atoms with E-state index in [1.807, 2.05) is 0 Å². The minimum atomic E-state index is -4.66. The molecule has 0 saturated carbocycles. The molecule has 0 aliphatic carbocycles. The highest BCUT2D eigenvalue weighted by atomic mass is 35.5. The van der Waals surface area contributed by atoms with E-state index in [2.05, 4.69) is 26.7 Å². The molecule has 0 spiro atoms. The Morgan fingerprint density at radius 3 is 2.75 bits per heavy atom. The quantitative estimate of drug-likeness (QED) is 0.174. The van der Waals surface area contributed by atoms with Gasteiger partial charge < -0.3 is 20.3 Å². The Bertz CT molecular complexity index is 2010. The number of nitrogens with zero attached hydrogens (tertiary/aromatic N) is 7. The number of amides is 1. The number of hydrogen-bond donors (Lipinski definition) is 1. The topological polar surface area (TPSA) is 106 Å². The second-order valence-electron chi connectivity index (χ2n) is 14.0. The number of ether oxygens (including phenoxy) is 1. The zero-order valence-electron chi connectivity index (χ0n) is 29.1. The van der Waals surface area contributed by atoms with Crippen LogP contribution in [-0.4, -0.2) is 81.3 Å². The van der Waals surface area contributed by atoms with Crippen LogP contribution >= 0.6 is 23.4 Å². The predicted molar refractivity (Wildman–Crippen MR) is 192 cm³/mol. The number of fused-ring (bicyclic) bond motifs is 3. The molecule has 1 amide bonds. The number of alkyl halides is 3. The number of aromatic nitrogens is 4. The summed E-state index contributed by atoms with van der Waals surface area (Å²) in [6, 6.07) is 2.76. The molecule has 7 rings (SSSR count). The van der Waals surface area contributed by atoms with Crippen LogP contribution in [0.1, 0.15) is 82.0 Å². The Balaban J connectivity index is 1.28. The average Bonchev–Trinajstić information content (AvgIpc) is 3.69. The first-order chi connectivity index (χ1) is 24.8. The molecule has 2 fully saturated rings. The molecule has 6 heterocycles. The molecule has 16 heteroatoms. The number of hydrogen-bond acceptors (Lipinski definition) is 9. The molecule has 2 aromatic heterocycles. The normalized spacial score (nSPS) is 22.3. The Kier molecular flexibility index (Phi) is 9.86. The van der Waals surface area contributed by atoms with Gasteiger partial charge in [0.15, 0.2) is 5.69 Å². The molecular formula is C36H39ClF4N8O2S. The van der Waals surface area contributed by atoms with Gasteiger partial charge in [0.25, 0.3) is 5.91 Å². The van der Waals surface area contributed by atoms with Gasteiger partial charge in [0, 0.05) is 68.0 Å². The van der Waals surface area contributed by atoms with Gasteiger partial charge in [-0.15, -0.1) is 17.7 Å². The van der Waals surface area contributed by atoms with Crippen molar-refractivity contribution in [2.75, 3.05) is 51.0 Å². The molecule has 3 aromatic rings. The molecule has 4 aliphatic rings. The van der Waals surface area contributed by atoms with E-state index in [1.165, 1.54) is 35.7 Å². The largest absolute Gasteiger partial charge is 0.461 e. The molecule has 2 saturated heterocycles. The van der Waals surface area contributed by atoms with Crippen molar-refractivity contribution in [3.8, 4) is 17.9 Å². The van der Waals surface area contributed by atoms with Crippen LogP contribution in [0.3, 0.4) is 0 Å². The van der Waals surface area contributed by atoms with Gasteiger partial charge in [0.2, 0.25) is 0 Å². The van der Waals surface area contributed by atoms with Crippen molar-refractivity contribution < 1.29 is 27.1 Å². The van der Waals surface area contributed by atoms with Crippen molar-refractivity contribution in [1.82, 2.24) is 29.5 Å². The smallest absolute Gasteiger partial charge is 0.417 e. The number of halogens is 5. The first-order valence-electron chi connectivity index (χ1n) is 17.1. The number of thioether (sulfide) groups is 1. The molecule has 0 radical (unpaired) electrons. The summed E-state index contributed by atoms with van der Waals surface area (Å²) in [7, 11) is 3.28. The van der Waals surface area contributed by atoms with Gasteiger partial charge in [-0.25, -0.2) is 4.39 Å². The van der Waals surface area contributed by atoms with Gasteiger partial charge >= 0.3 is 12.2 Å². The van der Waals surface area contributed by atoms with Crippen LogP contribution in [0, 0.1) is 11.8 Å². The first-order valence-corrected chi connectivity index (χ1v) is 18.6. The standard InChI is InChI=1S/C36H39ClF4N8O2S/c1-4-7-22-12-23(42)13-24(29(22)36(39,40)41)28-14-26-25(19-52-28)32(44-34(43-26)51-20-35-8-5-10-48(35)17-21(15-35)16-38)47-9-6-11-49-27(18-47)30(37)31(45-49)33(50)46(2)3/h12-13,16,28H,5-6,8-11,14-15,17-20,42H2,1-3H3/b21-16-/t28?,35-/m0/s1. The van der Waals surface area contributed by atoms with Gasteiger partial charge in [-0.2, -0.15) is 28.2 Å². The van der Waals surface area contributed by atoms with Crippen LogP contribution in [0.15, 0.2) is 24.0 Å². The highest BCUT2D eigenvalue weighted by Gasteiger charge is 2.47. The maximum Gasteiger partial charge on any atom is 0.417 e. The van der Waals surface area contributed by atoms with E-state index in [4.69, 9.17) is 32.0 Å². The number of nitrogen functional groups attached to an aromatic ring is 1. The lowest BCUT2D eigenvalue weighted by Crippen LogP contribution is -2.43. The van der Waals surface area contributed by atoms with Crippen molar-refractivity contribution in [3.05, 3.63) is 68.4 Å². The van der Waals surface area contributed by atoms with Gasteiger partial charge in [-0.05, 0) is 62.4 Å². The summed E-state index contributed by atoms with van der Waals surface area (Å²) < 4.78 is 65.7. The molecule has 0 bridgehead atoms. The van der Waals surface area contributed by atoms with Crippen molar-refractivity contribution in [1.29, 1.82) is 0 Å². The molecule has 52 heavy (non-hydrogen) atoms. The second kappa shape index (κ2) is 14.1. The molecular weight excluding hydrogens is 720 g/mol. The lowest BCUT2D eigenvalue weighted by Gasteiger charge is -2.33.